The monoisotopic (exact) mass is 172 g/mol. The summed E-state index contributed by atoms with van der Waals surface area (Å²) in [6.07, 6.45) is 0.966. The molecule has 0 spiro atoms. The third-order valence-electron chi connectivity index (χ3n) is 2.03. The summed E-state index contributed by atoms with van der Waals surface area (Å²) in [5, 5.41) is 3.16. The molecule has 0 saturated carbocycles. The molecule has 0 fully saturated rings. The molecule has 0 aromatic rings. The lowest BCUT2D eigenvalue weighted by molar-refractivity contribution is -0.121. The average Bonchev–Trinajstić information content (AvgIpc) is 1.98. The zero-order chi connectivity index (χ0) is 9.72. The van der Waals surface area contributed by atoms with E-state index in [1.165, 1.54) is 0 Å². The van der Waals surface area contributed by atoms with Crippen molar-refractivity contribution < 1.29 is 4.79 Å². The molecule has 0 radical (unpaired) electrons. The molecule has 0 aromatic carbocycles. The number of nitrogens with one attached hydrogen (secondary N) is 1. The molecule has 3 N–H and O–H groups in total. The molecule has 0 heterocycles. The van der Waals surface area contributed by atoms with Gasteiger partial charge in [-0.2, -0.15) is 0 Å². The lowest BCUT2D eigenvalue weighted by Gasteiger charge is -2.23. The van der Waals surface area contributed by atoms with E-state index >= 15 is 0 Å². The van der Waals surface area contributed by atoms with Crippen LogP contribution in [-0.2, 0) is 4.79 Å². The van der Waals surface area contributed by atoms with E-state index in [2.05, 4.69) is 12.2 Å². The minimum atomic E-state index is -0.252. The molecule has 3 heteroatoms. The molecule has 3 nitrogen and oxygen atoms in total. The molecule has 0 saturated heterocycles. The van der Waals surface area contributed by atoms with Crippen LogP contribution in [0.3, 0.4) is 0 Å². The third-order valence-corrected chi connectivity index (χ3v) is 2.03. The first-order valence-electron chi connectivity index (χ1n) is 4.54. The maximum atomic E-state index is 11.0. The highest BCUT2D eigenvalue weighted by Gasteiger charge is 2.21. The standard InChI is InChI=1S/C9H20N2O/c1-5-7(4)8(9(10)12)11-6(2)3/h6-8,11H,5H2,1-4H3,(H2,10,12)/t7?,8-/m0/s1. The summed E-state index contributed by atoms with van der Waals surface area (Å²) in [4.78, 5) is 11.0. The number of hydrogen-bond acceptors (Lipinski definition) is 2. The van der Waals surface area contributed by atoms with Crippen LogP contribution in [0.4, 0.5) is 0 Å². The molecule has 0 bridgehead atoms. The van der Waals surface area contributed by atoms with Gasteiger partial charge >= 0.3 is 0 Å². The van der Waals surface area contributed by atoms with E-state index in [-0.39, 0.29) is 11.9 Å². The Bertz CT molecular complexity index is 145. The Morgan fingerprint density at radius 2 is 1.92 bits per heavy atom. The Morgan fingerprint density at radius 1 is 1.42 bits per heavy atom. The van der Waals surface area contributed by atoms with Crippen LogP contribution in [0.1, 0.15) is 34.1 Å². The second kappa shape index (κ2) is 5.14. The zero-order valence-electron chi connectivity index (χ0n) is 8.42. The molecule has 0 aromatic heterocycles. The van der Waals surface area contributed by atoms with E-state index in [1.807, 2.05) is 20.8 Å². The second-order valence-electron chi connectivity index (χ2n) is 3.59. The van der Waals surface area contributed by atoms with Crippen molar-refractivity contribution in [2.45, 2.75) is 46.2 Å². The normalized spacial score (nSPS) is 16.1. The van der Waals surface area contributed by atoms with Gasteiger partial charge < -0.3 is 11.1 Å². The predicted molar refractivity (Wildman–Crippen MR) is 50.7 cm³/mol. The van der Waals surface area contributed by atoms with E-state index in [0.717, 1.165) is 6.42 Å². The predicted octanol–water partition coefficient (Wildman–Crippen LogP) is 0.884. The maximum absolute atomic E-state index is 11.0. The topological polar surface area (TPSA) is 55.1 Å². The van der Waals surface area contributed by atoms with Crippen molar-refractivity contribution in [2.24, 2.45) is 11.7 Å². The van der Waals surface area contributed by atoms with Gasteiger partial charge in [0.15, 0.2) is 0 Å². The van der Waals surface area contributed by atoms with Crippen LogP contribution in [0.5, 0.6) is 0 Å². The van der Waals surface area contributed by atoms with Gasteiger partial charge in [0, 0.05) is 6.04 Å². The van der Waals surface area contributed by atoms with Crippen LogP contribution >= 0.6 is 0 Å². The van der Waals surface area contributed by atoms with Crippen molar-refractivity contribution in [2.75, 3.05) is 0 Å². The smallest absolute Gasteiger partial charge is 0.234 e. The Hall–Kier alpha value is -0.570. The van der Waals surface area contributed by atoms with Crippen molar-refractivity contribution in [3.05, 3.63) is 0 Å². The molecule has 0 aliphatic carbocycles. The number of carbonyl (C=O) groups excluding carboxylic acids is 1. The van der Waals surface area contributed by atoms with Crippen molar-refractivity contribution in [1.82, 2.24) is 5.32 Å². The van der Waals surface area contributed by atoms with Crippen LogP contribution in [-0.4, -0.2) is 18.0 Å². The first-order valence-corrected chi connectivity index (χ1v) is 4.54. The largest absolute Gasteiger partial charge is 0.368 e. The van der Waals surface area contributed by atoms with E-state index in [0.29, 0.717) is 12.0 Å². The van der Waals surface area contributed by atoms with Gasteiger partial charge in [-0.05, 0) is 5.92 Å². The summed E-state index contributed by atoms with van der Waals surface area (Å²) >= 11 is 0. The highest BCUT2D eigenvalue weighted by molar-refractivity contribution is 5.80. The lowest BCUT2D eigenvalue weighted by atomic mass is 9.98. The van der Waals surface area contributed by atoms with Gasteiger partial charge in [0.1, 0.15) is 0 Å². The molecule has 0 rings (SSSR count). The SMILES string of the molecule is CCC(C)[C@H](NC(C)C)C(N)=O. The molecule has 1 unspecified atom stereocenters. The second-order valence-corrected chi connectivity index (χ2v) is 3.59. The van der Waals surface area contributed by atoms with E-state index in [1.54, 1.807) is 0 Å². The number of carbonyl (C=O) groups is 1. The van der Waals surface area contributed by atoms with Crippen LogP contribution in [0.2, 0.25) is 0 Å². The van der Waals surface area contributed by atoms with Gasteiger partial charge in [0.05, 0.1) is 6.04 Å². The molecular weight excluding hydrogens is 152 g/mol. The number of rotatable bonds is 5. The minimum Gasteiger partial charge on any atom is -0.368 e. The van der Waals surface area contributed by atoms with E-state index in [4.69, 9.17) is 5.73 Å². The summed E-state index contributed by atoms with van der Waals surface area (Å²) in [6, 6.07) is 0.117. The van der Waals surface area contributed by atoms with Crippen LogP contribution in [0, 0.1) is 5.92 Å². The summed E-state index contributed by atoms with van der Waals surface area (Å²) in [6.45, 7) is 8.12. The molecule has 1 amide bonds. The van der Waals surface area contributed by atoms with Gasteiger partial charge in [0.2, 0.25) is 5.91 Å². The molecule has 0 aliphatic heterocycles. The summed E-state index contributed by atoms with van der Waals surface area (Å²) < 4.78 is 0. The van der Waals surface area contributed by atoms with Gasteiger partial charge in [-0.1, -0.05) is 34.1 Å². The summed E-state index contributed by atoms with van der Waals surface area (Å²) in [7, 11) is 0. The van der Waals surface area contributed by atoms with Crippen molar-refractivity contribution in [3.8, 4) is 0 Å². The Balaban J connectivity index is 4.13. The van der Waals surface area contributed by atoms with Gasteiger partial charge in [-0.15, -0.1) is 0 Å². The average molecular weight is 172 g/mol. The molecule has 72 valence electrons. The van der Waals surface area contributed by atoms with Crippen molar-refractivity contribution in [1.29, 1.82) is 0 Å². The fraction of sp³-hybridized carbons (Fsp3) is 0.889. The lowest BCUT2D eigenvalue weighted by Crippen LogP contribution is -2.48. The Kier molecular flexibility index (Phi) is 4.90. The first kappa shape index (κ1) is 11.4. The number of nitrogens with two attached hydrogens (primary N) is 1. The van der Waals surface area contributed by atoms with E-state index < -0.39 is 0 Å². The quantitative estimate of drug-likeness (QED) is 0.647. The molecular formula is C9H20N2O. The maximum Gasteiger partial charge on any atom is 0.234 e. The number of hydrogen-bond donors (Lipinski definition) is 2. The summed E-state index contributed by atoms with van der Waals surface area (Å²) in [5.41, 5.74) is 5.26. The van der Waals surface area contributed by atoms with Crippen LogP contribution in [0.15, 0.2) is 0 Å². The van der Waals surface area contributed by atoms with Gasteiger partial charge in [-0.25, -0.2) is 0 Å². The van der Waals surface area contributed by atoms with Crippen LogP contribution in [0.25, 0.3) is 0 Å². The minimum absolute atomic E-state index is 0.185. The fourth-order valence-electron chi connectivity index (χ4n) is 1.12. The molecule has 0 aliphatic rings. The highest BCUT2D eigenvalue weighted by atomic mass is 16.1. The van der Waals surface area contributed by atoms with Crippen molar-refractivity contribution in [3.63, 3.8) is 0 Å². The van der Waals surface area contributed by atoms with Crippen molar-refractivity contribution >= 4 is 5.91 Å². The molecule has 2 atom stereocenters. The van der Waals surface area contributed by atoms with E-state index in [9.17, 15) is 4.79 Å². The molecule has 12 heavy (non-hydrogen) atoms. The Labute approximate surface area is 74.7 Å². The first-order chi connectivity index (χ1) is 5.49. The number of primary amides is 1. The van der Waals surface area contributed by atoms with Gasteiger partial charge in [0.25, 0.3) is 0 Å². The summed E-state index contributed by atoms with van der Waals surface area (Å²) in [5.74, 6) is 0.0583. The zero-order valence-corrected chi connectivity index (χ0v) is 8.42. The third kappa shape index (κ3) is 3.72. The fourth-order valence-corrected chi connectivity index (χ4v) is 1.12. The Morgan fingerprint density at radius 3 is 2.17 bits per heavy atom. The number of amides is 1. The highest BCUT2D eigenvalue weighted by Crippen LogP contribution is 2.07. The van der Waals surface area contributed by atoms with Gasteiger partial charge in [-0.3, -0.25) is 4.79 Å². The van der Waals surface area contributed by atoms with Crippen LogP contribution < -0.4 is 11.1 Å².